The van der Waals surface area contributed by atoms with Gasteiger partial charge in [-0.05, 0) is 23.7 Å². The van der Waals surface area contributed by atoms with Gasteiger partial charge >= 0.3 is 11.9 Å². The van der Waals surface area contributed by atoms with E-state index in [1.54, 1.807) is 25.2 Å². The zero-order chi connectivity index (χ0) is 22.3. The quantitative estimate of drug-likeness (QED) is 0.622. The molecule has 3 amide bonds. The Morgan fingerprint density at radius 3 is 2.26 bits per heavy atom. The van der Waals surface area contributed by atoms with Crippen LogP contribution in [0.1, 0.15) is 12.5 Å². The minimum Gasteiger partial charge on any atom is -0.301 e. The number of imide groups is 1. The number of aliphatic imine (C=N–C) groups is 1. The molecule has 2 saturated heterocycles. The van der Waals surface area contributed by atoms with Crippen molar-refractivity contribution >= 4 is 46.8 Å². The van der Waals surface area contributed by atoms with Crippen molar-refractivity contribution in [2.24, 2.45) is 4.99 Å². The predicted molar refractivity (Wildman–Crippen MR) is 121 cm³/mol. The molecule has 0 aromatic heterocycles. The number of piperazine rings is 1. The van der Waals surface area contributed by atoms with Gasteiger partial charge in [-0.2, -0.15) is 0 Å². The number of amidine groups is 2. The van der Waals surface area contributed by atoms with E-state index in [-0.39, 0.29) is 11.9 Å². The molecule has 1 atom stereocenters. The molecule has 3 aliphatic heterocycles. The minimum atomic E-state index is -0.674. The number of carbonyl (C=O) groups excluding carboxylic acids is 2. The third-order valence-electron chi connectivity index (χ3n) is 6.28. The average Bonchev–Trinajstić information content (AvgIpc) is 3.12. The van der Waals surface area contributed by atoms with Crippen LogP contribution >= 0.6 is 23.2 Å². The van der Waals surface area contributed by atoms with Gasteiger partial charge < -0.3 is 4.90 Å². The van der Waals surface area contributed by atoms with Gasteiger partial charge in [-0.25, -0.2) is 9.37 Å². The van der Waals surface area contributed by atoms with Crippen molar-refractivity contribution in [3.63, 3.8) is 0 Å². The molecule has 1 unspecified atom stereocenters. The fourth-order valence-electron chi connectivity index (χ4n) is 4.27. The number of benzene rings is 1. The molecular formula is C21H27Cl2N6O2+. The first-order chi connectivity index (χ1) is 14.8. The highest BCUT2D eigenvalue weighted by Gasteiger charge is 2.53. The maximum absolute atomic E-state index is 13.1. The fraction of sp³-hybridized carbons (Fsp3) is 0.524. The lowest BCUT2D eigenvalue weighted by atomic mass is 10.1. The van der Waals surface area contributed by atoms with Gasteiger partial charge in [0.1, 0.15) is 13.1 Å². The van der Waals surface area contributed by atoms with Crippen LogP contribution in [0.15, 0.2) is 23.2 Å². The van der Waals surface area contributed by atoms with E-state index in [9.17, 15) is 9.59 Å². The Morgan fingerprint density at radius 1 is 1.03 bits per heavy atom. The summed E-state index contributed by atoms with van der Waals surface area (Å²) in [5.41, 5.74) is 0.741. The van der Waals surface area contributed by atoms with Crippen LogP contribution in [-0.4, -0.2) is 107 Å². The number of amides is 3. The van der Waals surface area contributed by atoms with Gasteiger partial charge in [-0.3, -0.25) is 19.5 Å². The van der Waals surface area contributed by atoms with E-state index >= 15 is 0 Å². The smallest absolute Gasteiger partial charge is 0.301 e. The number of likely N-dealkylation sites (N-methyl/N-ethyl adjacent to an activating group) is 3. The summed E-state index contributed by atoms with van der Waals surface area (Å²) in [5, 5.41) is 1.08. The van der Waals surface area contributed by atoms with Crippen molar-refractivity contribution in [1.82, 2.24) is 19.6 Å². The molecule has 1 aromatic carbocycles. The summed E-state index contributed by atoms with van der Waals surface area (Å²) in [6.07, 6.45) is 0. The molecule has 0 aliphatic carbocycles. The standard InChI is InChI=1S/C21H27Cl2N6O2/c1-4-27-8-10-28(11-9-27)13-17-24-19-18(20(30)26(3)21(31)25(19)2)29(17)12-14-15(22)6-5-7-16(14)23/h5-7,18H,4,8-13H2,1-3H3/q+1. The number of rotatable bonds is 5. The number of nitrogens with zero attached hydrogens (tertiary/aromatic N) is 6. The van der Waals surface area contributed by atoms with E-state index in [0.29, 0.717) is 29.0 Å². The zero-order valence-corrected chi connectivity index (χ0v) is 19.5. The van der Waals surface area contributed by atoms with Crippen molar-refractivity contribution in [2.45, 2.75) is 19.5 Å². The molecular weight excluding hydrogens is 439 g/mol. The highest BCUT2D eigenvalue weighted by Crippen LogP contribution is 2.28. The number of hydrogen-bond donors (Lipinski definition) is 0. The Hall–Kier alpha value is -2.00. The molecule has 0 radical (unpaired) electrons. The minimum absolute atomic E-state index is 0.296. The fourth-order valence-corrected chi connectivity index (χ4v) is 4.79. The Kier molecular flexibility index (Phi) is 6.35. The van der Waals surface area contributed by atoms with Crippen molar-refractivity contribution in [1.29, 1.82) is 0 Å². The second-order valence-corrected chi connectivity index (χ2v) is 8.88. The molecule has 10 heteroatoms. The van der Waals surface area contributed by atoms with Crippen molar-refractivity contribution in [2.75, 3.05) is 53.4 Å². The van der Waals surface area contributed by atoms with E-state index in [1.807, 2.05) is 4.58 Å². The highest BCUT2D eigenvalue weighted by atomic mass is 35.5. The molecule has 31 heavy (non-hydrogen) atoms. The number of hydrogen-bond acceptors (Lipinski definition) is 5. The summed E-state index contributed by atoms with van der Waals surface area (Å²) < 4.78 is 1.94. The maximum Gasteiger partial charge on any atom is 0.333 e. The molecule has 0 bridgehead atoms. The summed E-state index contributed by atoms with van der Waals surface area (Å²) in [6, 6.07) is 4.31. The van der Waals surface area contributed by atoms with Crippen LogP contribution < -0.4 is 0 Å². The van der Waals surface area contributed by atoms with Gasteiger partial charge in [-0.1, -0.05) is 36.2 Å². The molecule has 166 valence electrons. The Morgan fingerprint density at radius 2 is 1.65 bits per heavy atom. The predicted octanol–water partition coefficient (Wildman–Crippen LogP) is 1.85. The van der Waals surface area contributed by atoms with E-state index in [4.69, 9.17) is 28.2 Å². The molecule has 0 N–H and O–H groups in total. The van der Waals surface area contributed by atoms with E-state index in [2.05, 4.69) is 16.7 Å². The SMILES string of the molecule is CCN1CCN(CC2=[N+](Cc3c(Cl)cccc3Cl)C3C(=O)N(C)C(=O)N(C)C3=N2)CC1. The normalized spacial score (nSPS) is 23.0. The molecule has 8 nitrogen and oxygen atoms in total. The molecule has 2 fully saturated rings. The zero-order valence-electron chi connectivity index (χ0n) is 18.0. The van der Waals surface area contributed by atoms with Gasteiger partial charge in [-0.15, -0.1) is 0 Å². The summed E-state index contributed by atoms with van der Waals surface area (Å²) in [5.74, 6) is 0.915. The Labute approximate surface area is 192 Å². The summed E-state index contributed by atoms with van der Waals surface area (Å²) in [7, 11) is 3.15. The third-order valence-corrected chi connectivity index (χ3v) is 6.99. The third kappa shape index (κ3) is 4.09. The van der Waals surface area contributed by atoms with Crippen LogP contribution in [-0.2, 0) is 11.3 Å². The average molecular weight is 466 g/mol. The number of carbonyl (C=O) groups is 2. The lowest BCUT2D eigenvalue weighted by molar-refractivity contribution is -0.552. The monoisotopic (exact) mass is 465 g/mol. The molecule has 3 heterocycles. The van der Waals surface area contributed by atoms with E-state index in [0.717, 1.165) is 49.0 Å². The Bertz CT molecular complexity index is 950. The van der Waals surface area contributed by atoms with Crippen LogP contribution in [0.5, 0.6) is 0 Å². The molecule has 0 saturated carbocycles. The van der Waals surface area contributed by atoms with Crippen LogP contribution in [0.4, 0.5) is 4.79 Å². The maximum atomic E-state index is 13.1. The van der Waals surface area contributed by atoms with Gasteiger partial charge in [0.15, 0.2) is 0 Å². The van der Waals surface area contributed by atoms with Crippen molar-refractivity contribution in [3.8, 4) is 0 Å². The van der Waals surface area contributed by atoms with Gasteiger partial charge in [0.25, 0.3) is 17.8 Å². The first-order valence-corrected chi connectivity index (χ1v) is 11.2. The second-order valence-electron chi connectivity index (χ2n) is 8.07. The summed E-state index contributed by atoms with van der Waals surface area (Å²) in [6.45, 7) is 8.00. The summed E-state index contributed by atoms with van der Waals surface area (Å²) >= 11 is 12.9. The van der Waals surface area contributed by atoms with Crippen LogP contribution in [0.3, 0.4) is 0 Å². The van der Waals surface area contributed by atoms with Gasteiger partial charge in [0, 0.05) is 55.9 Å². The van der Waals surface area contributed by atoms with Crippen LogP contribution in [0.2, 0.25) is 10.0 Å². The van der Waals surface area contributed by atoms with Crippen LogP contribution in [0, 0.1) is 0 Å². The first-order valence-electron chi connectivity index (χ1n) is 10.5. The van der Waals surface area contributed by atoms with E-state index in [1.165, 1.54) is 11.9 Å². The molecule has 3 aliphatic rings. The lowest BCUT2D eigenvalue weighted by Gasteiger charge is -2.33. The molecule has 4 rings (SSSR count). The number of fused-ring (bicyclic) bond motifs is 1. The van der Waals surface area contributed by atoms with Gasteiger partial charge in [0.05, 0.1) is 0 Å². The molecule has 0 spiro atoms. The van der Waals surface area contributed by atoms with E-state index < -0.39 is 6.04 Å². The highest BCUT2D eigenvalue weighted by molar-refractivity contribution is 6.36. The largest absolute Gasteiger partial charge is 0.333 e. The second kappa shape index (κ2) is 8.86. The number of urea groups is 1. The molecule has 1 aromatic rings. The summed E-state index contributed by atoms with van der Waals surface area (Å²) in [4.78, 5) is 37.7. The van der Waals surface area contributed by atoms with Crippen molar-refractivity contribution in [3.05, 3.63) is 33.8 Å². The van der Waals surface area contributed by atoms with Crippen LogP contribution in [0.25, 0.3) is 0 Å². The topological polar surface area (TPSA) is 62.5 Å². The Balaban J connectivity index is 1.69. The lowest BCUT2D eigenvalue weighted by Crippen LogP contribution is -2.61. The number of halogens is 2. The van der Waals surface area contributed by atoms with Gasteiger partial charge in [0.2, 0.25) is 0 Å². The van der Waals surface area contributed by atoms with Crippen molar-refractivity contribution < 1.29 is 14.2 Å². The first kappa shape index (κ1) is 22.2.